The standard InChI is InChI=1S/C18H16N4O3S/c1-3-25-18(23)15-14(20)13-12(9-4-6-10(24-2)7-5-9)11(8-19)16(21)22-17(13)26-15/h4-7H,3,20H2,1-2H3,(H2,21,22). The first kappa shape index (κ1) is 17.5. The predicted molar refractivity (Wildman–Crippen MR) is 101 cm³/mol. The Morgan fingerprint density at radius 3 is 2.58 bits per heavy atom. The van der Waals surface area contributed by atoms with Crippen LogP contribution in [0.25, 0.3) is 21.3 Å². The van der Waals surface area contributed by atoms with Gasteiger partial charge in [-0.2, -0.15) is 5.26 Å². The van der Waals surface area contributed by atoms with Crippen molar-refractivity contribution in [3.8, 4) is 22.9 Å². The van der Waals surface area contributed by atoms with E-state index in [2.05, 4.69) is 11.1 Å². The number of nitrogens with zero attached hydrogens (tertiary/aromatic N) is 2. The number of esters is 1. The number of hydrogen-bond acceptors (Lipinski definition) is 8. The summed E-state index contributed by atoms with van der Waals surface area (Å²) < 4.78 is 10.2. The number of rotatable bonds is 4. The molecule has 0 atom stereocenters. The first-order valence-electron chi connectivity index (χ1n) is 7.74. The van der Waals surface area contributed by atoms with Crippen LogP contribution in [0.3, 0.4) is 0 Å². The lowest BCUT2D eigenvalue weighted by Gasteiger charge is -2.10. The molecule has 2 heterocycles. The molecule has 8 heteroatoms. The Kier molecular flexibility index (Phi) is 4.65. The molecule has 0 radical (unpaired) electrons. The summed E-state index contributed by atoms with van der Waals surface area (Å²) in [6, 6.07) is 9.23. The van der Waals surface area contributed by atoms with Crippen LogP contribution in [0.15, 0.2) is 24.3 Å². The fourth-order valence-corrected chi connectivity index (χ4v) is 3.68. The maximum atomic E-state index is 12.2. The molecule has 3 rings (SSSR count). The lowest BCUT2D eigenvalue weighted by Crippen LogP contribution is -2.05. The lowest BCUT2D eigenvalue weighted by atomic mass is 9.97. The molecular weight excluding hydrogens is 352 g/mol. The molecule has 3 aromatic rings. The van der Waals surface area contributed by atoms with Gasteiger partial charge in [0.05, 0.1) is 19.4 Å². The topological polar surface area (TPSA) is 124 Å². The minimum atomic E-state index is -0.522. The van der Waals surface area contributed by atoms with Crippen molar-refractivity contribution in [3.05, 3.63) is 34.7 Å². The van der Waals surface area contributed by atoms with Gasteiger partial charge in [0.1, 0.15) is 32.9 Å². The molecule has 7 nitrogen and oxygen atoms in total. The van der Waals surface area contributed by atoms with E-state index in [1.54, 1.807) is 38.3 Å². The van der Waals surface area contributed by atoms with Gasteiger partial charge < -0.3 is 20.9 Å². The van der Waals surface area contributed by atoms with Crippen molar-refractivity contribution in [1.29, 1.82) is 5.26 Å². The Morgan fingerprint density at radius 2 is 2.00 bits per heavy atom. The SMILES string of the molecule is CCOC(=O)c1sc2nc(N)c(C#N)c(-c3ccc(OC)cc3)c2c1N. The Labute approximate surface area is 153 Å². The summed E-state index contributed by atoms with van der Waals surface area (Å²) in [7, 11) is 1.57. The number of benzene rings is 1. The molecule has 132 valence electrons. The third-order valence-electron chi connectivity index (χ3n) is 3.86. The summed E-state index contributed by atoms with van der Waals surface area (Å²) in [5.74, 6) is 0.240. The molecule has 0 saturated carbocycles. The molecule has 0 bridgehead atoms. The first-order valence-corrected chi connectivity index (χ1v) is 8.56. The van der Waals surface area contributed by atoms with Crippen molar-refractivity contribution in [3.63, 3.8) is 0 Å². The number of thiophene rings is 1. The van der Waals surface area contributed by atoms with E-state index in [0.717, 1.165) is 16.9 Å². The van der Waals surface area contributed by atoms with Gasteiger partial charge in [0, 0.05) is 10.9 Å². The number of nitriles is 1. The summed E-state index contributed by atoms with van der Waals surface area (Å²) in [5.41, 5.74) is 13.9. The van der Waals surface area contributed by atoms with Crippen molar-refractivity contribution >= 4 is 39.0 Å². The van der Waals surface area contributed by atoms with Crippen molar-refractivity contribution in [1.82, 2.24) is 4.98 Å². The van der Waals surface area contributed by atoms with Crippen LogP contribution in [-0.2, 0) is 4.74 Å². The van der Waals surface area contributed by atoms with Gasteiger partial charge in [0.2, 0.25) is 0 Å². The van der Waals surface area contributed by atoms with E-state index >= 15 is 0 Å². The van der Waals surface area contributed by atoms with Crippen molar-refractivity contribution < 1.29 is 14.3 Å². The maximum Gasteiger partial charge on any atom is 0.350 e. The van der Waals surface area contributed by atoms with E-state index in [1.165, 1.54) is 0 Å². The van der Waals surface area contributed by atoms with Crippen molar-refractivity contribution in [2.24, 2.45) is 0 Å². The largest absolute Gasteiger partial charge is 0.497 e. The molecule has 0 spiro atoms. The van der Waals surface area contributed by atoms with Crippen LogP contribution in [0.2, 0.25) is 0 Å². The van der Waals surface area contributed by atoms with Crippen LogP contribution in [-0.4, -0.2) is 24.7 Å². The van der Waals surface area contributed by atoms with Crippen molar-refractivity contribution in [2.75, 3.05) is 25.2 Å². The maximum absolute atomic E-state index is 12.2. The highest BCUT2D eigenvalue weighted by molar-refractivity contribution is 7.21. The normalized spacial score (nSPS) is 10.5. The van der Waals surface area contributed by atoms with Gasteiger partial charge >= 0.3 is 5.97 Å². The third kappa shape index (κ3) is 2.78. The smallest absolute Gasteiger partial charge is 0.350 e. The first-order chi connectivity index (χ1) is 12.5. The van der Waals surface area contributed by atoms with Gasteiger partial charge in [-0.15, -0.1) is 11.3 Å². The second-order valence-corrected chi connectivity index (χ2v) is 6.33. The molecule has 0 unspecified atom stereocenters. The van der Waals surface area contributed by atoms with Crippen LogP contribution in [0.5, 0.6) is 5.75 Å². The molecular formula is C18H16N4O3S. The van der Waals surface area contributed by atoms with Crippen LogP contribution in [0, 0.1) is 11.3 Å². The van der Waals surface area contributed by atoms with Crippen molar-refractivity contribution in [2.45, 2.75) is 6.92 Å². The monoisotopic (exact) mass is 368 g/mol. The summed E-state index contributed by atoms with van der Waals surface area (Å²) in [5, 5.41) is 10.1. The zero-order valence-electron chi connectivity index (χ0n) is 14.2. The molecule has 0 aliphatic rings. The number of pyridine rings is 1. The molecule has 0 aliphatic heterocycles. The number of carbonyl (C=O) groups is 1. The summed E-state index contributed by atoms with van der Waals surface area (Å²) in [4.78, 5) is 17.2. The van der Waals surface area contributed by atoms with Gasteiger partial charge in [-0.3, -0.25) is 0 Å². The Morgan fingerprint density at radius 1 is 1.31 bits per heavy atom. The Bertz CT molecular complexity index is 1040. The number of hydrogen-bond donors (Lipinski definition) is 2. The second kappa shape index (κ2) is 6.90. The highest BCUT2D eigenvalue weighted by Gasteiger charge is 2.24. The van der Waals surface area contributed by atoms with Crippen LogP contribution in [0.1, 0.15) is 22.2 Å². The minimum Gasteiger partial charge on any atom is -0.497 e. The second-order valence-electron chi connectivity index (χ2n) is 5.33. The zero-order chi connectivity index (χ0) is 18.8. The fourth-order valence-electron chi connectivity index (χ4n) is 2.68. The number of methoxy groups -OCH3 is 1. The predicted octanol–water partition coefficient (Wildman–Crippen LogP) is 3.18. The summed E-state index contributed by atoms with van der Waals surface area (Å²) in [6.45, 7) is 1.95. The summed E-state index contributed by atoms with van der Waals surface area (Å²) >= 11 is 1.10. The van der Waals surface area contributed by atoms with E-state index in [4.69, 9.17) is 20.9 Å². The van der Waals surface area contributed by atoms with E-state index in [1.807, 2.05) is 0 Å². The molecule has 0 fully saturated rings. The van der Waals surface area contributed by atoms with E-state index in [9.17, 15) is 10.1 Å². The number of nitrogen functional groups attached to an aromatic ring is 2. The van der Waals surface area contributed by atoms with Gasteiger partial charge in [-0.25, -0.2) is 9.78 Å². The molecule has 1 aromatic carbocycles. The molecule has 0 aliphatic carbocycles. The van der Waals surface area contributed by atoms with E-state index < -0.39 is 5.97 Å². The Hall–Kier alpha value is -3.31. The number of ether oxygens (including phenoxy) is 2. The van der Waals surface area contributed by atoms with Gasteiger partial charge in [0.25, 0.3) is 0 Å². The third-order valence-corrected chi connectivity index (χ3v) is 4.94. The minimum absolute atomic E-state index is 0.0856. The number of carbonyl (C=O) groups excluding carboxylic acids is 1. The fraction of sp³-hybridized carbons (Fsp3) is 0.167. The quantitative estimate of drug-likeness (QED) is 0.678. The molecule has 0 amide bonds. The van der Waals surface area contributed by atoms with E-state index in [-0.39, 0.29) is 28.6 Å². The highest BCUT2D eigenvalue weighted by atomic mass is 32.1. The molecule has 26 heavy (non-hydrogen) atoms. The number of aromatic nitrogens is 1. The van der Waals surface area contributed by atoms with Crippen LogP contribution < -0.4 is 16.2 Å². The zero-order valence-corrected chi connectivity index (χ0v) is 15.0. The van der Waals surface area contributed by atoms with Gasteiger partial charge in [-0.1, -0.05) is 12.1 Å². The molecule has 0 saturated heterocycles. The number of nitrogens with two attached hydrogens (primary N) is 2. The molecule has 2 aromatic heterocycles. The summed E-state index contributed by atoms with van der Waals surface area (Å²) in [6.07, 6.45) is 0. The highest BCUT2D eigenvalue weighted by Crippen LogP contribution is 2.43. The Balaban J connectivity index is 2.34. The average Bonchev–Trinajstić information content (AvgIpc) is 2.97. The lowest BCUT2D eigenvalue weighted by molar-refractivity contribution is 0.0533. The van der Waals surface area contributed by atoms with Crippen LogP contribution in [0.4, 0.5) is 11.5 Å². The van der Waals surface area contributed by atoms with Gasteiger partial charge in [-0.05, 0) is 24.6 Å². The van der Waals surface area contributed by atoms with Crippen LogP contribution >= 0.6 is 11.3 Å². The molecule has 4 N–H and O–H groups in total. The average molecular weight is 368 g/mol. The van der Waals surface area contributed by atoms with Gasteiger partial charge in [0.15, 0.2) is 0 Å². The number of anilines is 2. The van der Waals surface area contributed by atoms with E-state index in [0.29, 0.717) is 21.5 Å². The number of fused-ring (bicyclic) bond motifs is 1.